The number of carbonyl (C=O) groups is 4. The van der Waals surface area contributed by atoms with Crippen LogP contribution >= 0.6 is 0 Å². The first kappa shape index (κ1) is 31.7. The number of carbonyl (C=O) groups excluding carboxylic acids is 2. The third kappa shape index (κ3) is 11.6. The Balaban J connectivity index is 0.000000905. The molecule has 1 aromatic rings. The molecule has 2 amide bonds. The number of carboxylic acid groups (broad SMARTS) is 2. The molecular formula is C22H28F3N5O8. The van der Waals surface area contributed by atoms with Gasteiger partial charge in [-0.25, -0.2) is 14.4 Å². The fourth-order valence-corrected chi connectivity index (χ4v) is 2.67. The number of benzene rings is 1. The van der Waals surface area contributed by atoms with Crippen molar-refractivity contribution >= 4 is 35.5 Å². The monoisotopic (exact) mass is 547 g/mol. The van der Waals surface area contributed by atoms with Gasteiger partial charge in [-0.05, 0) is 11.5 Å². The fourth-order valence-electron chi connectivity index (χ4n) is 2.67. The number of nitrogens with zero attached hydrogens (tertiary/aromatic N) is 1. The Labute approximate surface area is 214 Å². The lowest BCUT2D eigenvalue weighted by Gasteiger charge is -2.16. The van der Waals surface area contributed by atoms with Crippen LogP contribution in [0.15, 0.2) is 29.4 Å². The molecular weight excluding hydrogens is 519 g/mol. The van der Waals surface area contributed by atoms with E-state index in [2.05, 4.69) is 15.8 Å². The van der Waals surface area contributed by atoms with E-state index in [-0.39, 0.29) is 31.3 Å². The first-order valence-electron chi connectivity index (χ1n) is 11.0. The maximum atomic E-state index is 12.2. The number of alkyl carbamates (subject to hydrolysis) is 1. The van der Waals surface area contributed by atoms with Crippen LogP contribution in [0, 0.1) is 11.3 Å². The van der Waals surface area contributed by atoms with Crippen molar-refractivity contribution in [2.24, 2.45) is 16.8 Å². The maximum Gasteiger partial charge on any atom is 0.490 e. The highest BCUT2D eigenvalue weighted by atomic mass is 19.4. The second-order valence-corrected chi connectivity index (χ2v) is 8.30. The molecule has 2 atom stereocenters. The molecule has 0 aliphatic carbocycles. The quantitative estimate of drug-likeness (QED) is 0.184. The van der Waals surface area contributed by atoms with Crippen LogP contribution < -0.4 is 16.4 Å². The largest absolute Gasteiger partial charge is 0.490 e. The first-order chi connectivity index (χ1) is 17.6. The number of rotatable bonds is 10. The molecule has 2 rings (SSSR count). The number of carboxylic acids is 2. The Morgan fingerprint density at radius 3 is 2.26 bits per heavy atom. The normalized spacial score (nSPS) is 15.2. The van der Waals surface area contributed by atoms with Crippen LogP contribution in [0.2, 0.25) is 0 Å². The summed E-state index contributed by atoms with van der Waals surface area (Å²) in [6, 6.07) is 5.61. The molecule has 0 saturated carbocycles. The molecule has 1 aliphatic heterocycles. The SMILES string of the molecule is CC(C)COC(=O)N[C@@H](CNC(=O)CC1CC(c2ccc(C(=N)N)cc2)=NO1)C(=O)O.O=C(O)C(F)(F)F. The molecule has 1 aromatic carbocycles. The predicted molar refractivity (Wildman–Crippen MR) is 126 cm³/mol. The van der Waals surface area contributed by atoms with E-state index in [4.69, 9.17) is 30.6 Å². The van der Waals surface area contributed by atoms with E-state index < -0.39 is 42.3 Å². The van der Waals surface area contributed by atoms with Gasteiger partial charge in [-0.3, -0.25) is 10.2 Å². The Morgan fingerprint density at radius 1 is 1.21 bits per heavy atom. The van der Waals surface area contributed by atoms with Gasteiger partial charge in [0.2, 0.25) is 5.91 Å². The van der Waals surface area contributed by atoms with E-state index in [1.165, 1.54) is 0 Å². The van der Waals surface area contributed by atoms with Crippen molar-refractivity contribution in [1.29, 1.82) is 5.41 Å². The molecule has 1 aliphatic rings. The van der Waals surface area contributed by atoms with E-state index in [1.54, 1.807) is 24.3 Å². The minimum Gasteiger partial charge on any atom is -0.480 e. The van der Waals surface area contributed by atoms with Crippen LogP contribution in [0.25, 0.3) is 0 Å². The van der Waals surface area contributed by atoms with Crippen molar-refractivity contribution in [3.63, 3.8) is 0 Å². The number of nitrogens with one attached hydrogen (secondary N) is 3. The highest BCUT2D eigenvalue weighted by Gasteiger charge is 2.38. The molecule has 0 radical (unpaired) electrons. The number of amidine groups is 1. The average Bonchev–Trinajstić information content (AvgIpc) is 3.28. The summed E-state index contributed by atoms with van der Waals surface area (Å²) in [6.45, 7) is 3.56. The first-order valence-corrected chi connectivity index (χ1v) is 11.0. The van der Waals surface area contributed by atoms with Crippen molar-refractivity contribution in [1.82, 2.24) is 10.6 Å². The van der Waals surface area contributed by atoms with Crippen molar-refractivity contribution in [3.8, 4) is 0 Å². The molecule has 0 bridgehead atoms. The molecule has 16 heteroatoms. The Bertz CT molecular complexity index is 1040. The summed E-state index contributed by atoms with van der Waals surface area (Å²) in [5.74, 6) is -4.41. The maximum absolute atomic E-state index is 12.2. The van der Waals surface area contributed by atoms with Crippen LogP contribution in [0.4, 0.5) is 18.0 Å². The molecule has 7 N–H and O–H groups in total. The highest BCUT2D eigenvalue weighted by molar-refractivity contribution is 6.02. The second-order valence-electron chi connectivity index (χ2n) is 8.30. The minimum atomic E-state index is -5.08. The topological polar surface area (TPSA) is 213 Å². The smallest absolute Gasteiger partial charge is 0.480 e. The van der Waals surface area contributed by atoms with Gasteiger partial charge in [-0.1, -0.05) is 43.3 Å². The van der Waals surface area contributed by atoms with Gasteiger partial charge in [0.1, 0.15) is 18.0 Å². The summed E-state index contributed by atoms with van der Waals surface area (Å²) < 4.78 is 36.6. The molecule has 1 unspecified atom stereocenters. The zero-order chi connectivity index (χ0) is 29.0. The van der Waals surface area contributed by atoms with E-state index in [1.807, 2.05) is 13.8 Å². The summed E-state index contributed by atoms with van der Waals surface area (Å²) in [7, 11) is 0. The Kier molecular flexibility index (Phi) is 12.0. The van der Waals surface area contributed by atoms with Gasteiger partial charge in [-0.2, -0.15) is 13.2 Å². The number of oxime groups is 1. The van der Waals surface area contributed by atoms with Crippen LogP contribution in [0.3, 0.4) is 0 Å². The number of aliphatic carboxylic acids is 2. The van der Waals surface area contributed by atoms with Gasteiger partial charge in [-0.15, -0.1) is 0 Å². The second kappa shape index (κ2) is 14.4. The lowest BCUT2D eigenvalue weighted by molar-refractivity contribution is -0.192. The van der Waals surface area contributed by atoms with Crippen LogP contribution in [-0.2, 0) is 24.0 Å². The third-order valence-electron chi connectivity index (χ3n) is 4.56. The van der Waals surface area contributed by atoms with Crippen LogP contribution in [0.5, 0.6) is 0 Å². The van der Waals surface area contributed by atoms with Crippen molar-refractivity contribution in [2.75, 3.05) is 13.2 Å². The summed E-state index contributed by atoms with van der Waals surface area (Å²) in [4.78, 5) is 49.3. The summed E-state index contributed by atoms with van der Waals surface area (Å²) in [6.07, 6.45) is -6.06. The molecule has 38 heavy (non-hydrogen) atoms. The number of nitrogens with two attached hydrogens (primary N) is 1. The number of alkyl halides is 3. The van der Waals surface area contributed by atoms with Gasteiger partial charge in [0.05, 0.1) is 18.7 Å². The molecule has 0 saturated heterocycles. The Hall–Kier alpha value is -4.37. The number of halogens is 3. The van der Waals surface area contributed by atoms with Crippen LogP contribution in [-0.4, -0.2) is 77.2 Å². The number of nitrogen functional groups attached to an aromatic ring is 1. The zero-order valence-corrected chi connectivity index (χ0v) is 20.4. The standard InChI is InChI=1S/C20H27N5O6.C2HF3O2/c1-11(2)10-30-20(29)24-16(19(27)28)9-23-17(26)8-14-7-15(25-31-14)12-3-5-13(6-4-12)18(21)22;3-2(4,5)1(6)7/h3-6,11,14,16H,7-10H2,1-2H3,(H3,21,22)(H,23,26)(H,24,29)(H,27,28);(H,6,7)/t14?,16-;/m0./s1. The number of amides is 2. The summed E-state index contributed by atoms with van der Waals surface area (Å²) in [5.41, 5.74) is 7.48. The van der Waals surface area contributed by atoms with Gasteiger partial charge < -0.3 is 36.2 Å². The number of ether oxygens (including phenoxy) is 1. The van der Waals surface area contributed by atoms with E-state index >= 15 is 0 Å². The number of hydrogen-bond donors (Lipinski definition) is 6. The summed E-state index contributed by atoms with van der Waals surface area (Å²) in [5, 5.41) is 32.4. The minimum absolute atomic E-state index is 0.0251. The van der Waals surface area contributed by atoms with E-state index in [9.17, 15) is 32.7 Å². The third-order valence-corrected chi connectivity index (χ3v) is 4.56. The lowest BCUT2D eigenvalue weighted by Crippen LogP contribution is -2.49. The van der Waals surface area contributed by atoms with Gasteiger partial charge >= 0.3 is 24.2 Å². The lowest BCUT2D eigenvalue weighted by atomic mass is 10.0. The average molecular weight is 547 g/mol. The van der Waals surface area contributed by atoms with Crippen molar-refractivity contribution in [2.45, 2.75) is 45.0 Å². The summed E-state index contributed by atoms with van der Waals surface area (Å²) >= 11 is 0. The highest BCUT2D eigenvalue weighted by Crippen LogP contribution is 2.19. The molecule has 0 fully saturated rings. The fraction of sp³-hybridized carbons (Fsp3) is 0.455. The predicted octanol–water partition coefficient (Wildman–Crippen LogP) is 1.44. The van der Waals surface area contributed by atoms with Crippen LogP contribution in [0.1, 0.15) is 37.8 Å². The van der Waals surface area contributed by atoms with Gasteiger partial charge in [0.25, 0.3) is 0 Å². The molecule has 13 nitrogen and oxygen atoms in total. The molecule has 0 aromatic heterocycles. The molecule has 0 spiro atoms. The van der Waals surface area contributed by atoms with E-state index in [0.717, 1.165) is 5.56 Å². The van der Waals surface area contributed by atoms with Gasteiger partial charge in [0.15, 0.2) is 0 Å². The van der Waals surface area contributed by atoms with Crippen molar-refractivity contribution < 1.29 is 52.1 Å². The Morgan fingerprint density at radius 2 is 1.79 bits per heavy atom. The number of hydrogen-bond acceptors (Lipinski definition) is 8. The van der Waals surface area contributed by atoms with E-state index in [0.29, 0.717) is 17.7 Å². The molecule has 1 heterocycles. The van der Waals surface area contributed by atoms with Crippen molar-refractivity contribution in [3.05, 3.63) is 35.4 Å². The zero-order valence-electron chi connectivity index (χ0n) is 20.4. The molecule has 210 valence electrons. The van der Waals surface area contributed by atoms with Gasteiger partial charge in [0, 0.05) is 18.5 Å².